The zero-order chi connectivity index (χ0) is 27.1. The first-order valence-corrected chi connectivity index (χ1v) is 14.1. The van der Waals surface area contributed by atoms with Crippen molar-refractivity contribution < 1.29 is 4.79 Å². The molecule has 4 heterocycles. The number of pyridine rings is 1. The summed E-state index contributed by atoms with van der Waals surface area (Å²) in [6, 6.07) is 24.0. The number of benzene rings is 2. The molecule has 196 valence electrons. The predicted molar refractivity (Wildman–Crippen MR) is 162 cm³/mol. The third kappa shape index (κ3) is 4.68. The van der Waals surface area contributed by atoms with Crippen LogP contribution in [0.25, 0.3) is 15.3 Å². The van der Waals surface area contributed by atoms with Crippen LogP contribution in [0.5, 0.6) is 0 Å². The van der Waals surface area contributed by atoms with Gasteiger partial charge >= 0.3 is 0 Å². The van der Waals surface area contributed by atoms with Crippen LogP contribution in [0.2, 0.25) is 0 Å². The number of amides is 1. The van der Waals surface area contributed by atoms with Crippen molar-refractivity contribution in [3.05, 3.63) is 102 Å². The average Bonchev–Trinajstić information content (AvgIpc) is 3.66. The fraction of sp³-hybridized carbons (Fsp3) is 0.200. The van der Waals surface area contributed by atoms with Crippen molar-refractivity contribution >= 4 is 56.2 Å². The Balaban J connectivity index is 1.45. The minimum absolute atomic E-state index is 0.00837. The highest BCUT2D eigenvalue weighted by Crippen LogP contribution is 2.43. The summed E-state index contributed by atoms with van der Waals surface area (Å²) in [5.74, 6) is -0.107. The number of hydrogen-bond acceptors (Lipinski definition) is 5. The Labute approximate surface area is 236 Å². The molecule has 9 heteroatoms. The number of anilines is 2. The molecule has 39 heavy (non-hydrogen) atoms. The first kappa shape index (κ1) is 25.2. The highest BCUT2D eigenvalue weighted by molar-refractivity contribution is 7.80. The molecule has 1 aliphatic heterocycles. The molecular formula is C30H28N6OS2. The molecule has 2 atom stereocenters. The Bertz CT molecular complexity index is 1640. The second kappa shape index (κ2) is 10.2. The molecule has 1 aliphatic rings. The normalized spacial score (nSPS) is 17.1. The number of rotatable bonds is 6. The monoisotopic (exact) mass is 552 g/mol. The number of thiazole rings is 1. The van der Waals surface area contributed by atoms with Crippen LogP contribution in [-0.4, -0.2) is 25.6 Å². The van der Waals surface area contributed by atoms with E-state index in [2.05, 4.69) is 49.5 Å². The molecular weight excluding hydrogens is 525 g/mol. The molecule has 0 saturated carbocycles. The van der Waals surface area contributed by atoms with Crippen LogP contribution in [0.15, 0.2) is 85.2 Å². The van der Waals surface area contributed by atoms with Crippen LogP contribution < -0.4 is 15.5 Å². The van der Waals surface area contributed by atoms with Gasteiger partial charge in [-0.1, -0.05) is 43.4 Å². The molecule has 7 nitrogen and oxygen atoms in total. The van der Waals surface area contributed by atoms with Gasteiger partial charge in [0.15, 0.2) is 10.2 Å². The number of para-hydroxylation sites is 1. The Morgan fingerprint density at radius 1 is 1.08 bits per heavy atom. The molecule has 1 fully saturated rings. The number of nitrogens with one attached hydrogen (secondary N) is 2. The van der Waals surface area contributed by atoms with Gasteiger partial charge in [0.05, 0.1) is 27.6 Å². The lowest BCUT2D eigenvalue weighted by Gasteiger charge is -2.29. The smallest absolute Gasteiger partial charge is 0.226 e. The fourth-order valence-electron chi connectivity index (χ4n) is 4.92. The minimum Gasteiger partial charge on any atom is -0.351 e. The molecule has 1 saturated heterocycles. The minimum atomic E-state index is -0.190. The second-order valence-corrected chi connectivity index (χ2v) is 11.3. The highest BCUT2D eigenvalue weighted by atomic mass is 32.1. The SMILES string of the molecule is Cc1cc(N2C(=S)N[C@@H](c3ccccn3)[C@H]2c2cccn2-c2nc3ccccc3s2)ccc1NC(=O)C(C)C. The molecule has 0 bridgehead atoms. The van der Waals surface area contributed by atoms with E-state index in [0.717, 1.165) is 43.7 Å². The van der Waals surface area contributed by atoms with Gasteiger partial charge < -0.3 is 15.5 Å². The van der Waals surface area contributed by atoms with E-state index in [-0.39, 0.29) is 23.9 Å². The Morgan fingerprint density at radius 3 is 2.64 bits per heavy atom. The van der Waals surface area contributed by atoms with Gasteiger partial charge in [0.1, 0.15) is 6.04 Å². The number of thiocarbonyl (C=S) groups is 1. The van der Waals surface area contributed by atoms with Gasteiger partial charge in [-0.05, 0) is 79.3 Å². The summed E-state index contributed by atoms with van der Waals surface area (Å²) >= 11 is 7.60. The number of carbonyl (C=O) groups is 1. The summed E-state index contributed by atoms with van der Waals surface area (Å²) in [6.07, 6.45) is 3.86. The fourth-order valence-corrected chi connectivity index (χ4v) is 6.24. The third-order valence-electron chi connectivity index (χ3n) is 6.94. The van der Waals surface area contributed by atoms with Gasteiger partial charge in [0, 0.05) is 29.7 Å². The number of nitrogens with zero attached hydrogens (tertiary/aromatic N) is 4. The van der Waals surface area contributed by atoms with Gasteiger partial charge in [0.25, 0.3) is 0 Å². The quantitative estimate of drug-likeness (QED) is 0.232. The van der Waals surface area contributed by atoms with Crippen molar-refractivity contribution in [1.82, 2.24) is 19.9 Å². The predicted octanol–water partition coefficient (Wildman–Crippen LogP) is 6.56. The molecule has 5 aromatic rings. The molecule has 0 radical (unpaired) electrons. The molecule has 6 rings (SSSR count). The Hall–Kier alpha value is -4.08. The van der Waals surface area contributed by atoms with E-state index in [9.17, 15) is 4.79 Å². The van der Waals surface area contributed by atoms with E-state index in [1.54, 1.807) is 11.3 Å². The average molecular weight is 553 g/mol. The van der Waals surface area contributed by atoms with Crippen LogP contribution in [-0.2, 0) is 4.79 Å². The molecule has 2 N–H and O–H groups in total. The number of carbonyl (C=O) groups excluding carboxylic acids is 1. The topological polar surface area (TPSA) is 75.1 Å². The zero-order valence-corrected chi connectivity index (χ0v) is 23.5. The number of hydrogen-bond donors (Lipinski definition) is 2. The lowest BCUT2D eigenvalue weighted by molar-refractivity contribution is -0.118. The van der Waals surface area contributed by atoms with Crippen molar-refractivity contribution in [3.63, 3.8) is 0 Å². The lowest BCUT2D eigenvalue weighted by atomic mass is 10.0. The van der Waals surface area contributed by atoms with E-state index in [1.807, 2.05) is 81.6 Å². The summed E-state index contributed by atoms with van der Waals surface area (Å²) in [4.78, 5) is 24.1. The molecule has 0 spiro atoms. The summed E-state index contributed by atoms with van der Waals surface area (Å²) in [5.41, 5.74) is 5.63. The van der Waals surface area contributed by atoms with Crippen LogP contribution in [0.1, 0.15) is 42.9 Å². The van der Waals surface area contributed by atoms with E-state index < -0.39 is 0 Å². The molecule has 3 aromatic heterocycles. The third-order valence-corrected chi connectivity index (χ3v) is 8.29. The van der Waals surface area contributed by atoms with Crippen LogP contribution in [0.3, 0.4) is 0 Å². The van der Waals surface area contributed by atoms with Gasteiger partial charge in [-0.25, -0.2) is 4.98 Å². The lowest BCUT2D eigenvalue weighted by Crippen LogP contribution is -2.30. The van der Waals surface area contributed by atoms with Crippen molar-refractivity contribution in [2.24, 2.45) is 5.92 Å². The van der Waals surface area contributed by atoms with Gasteiger partial charge in [-0.2, -0.15) is 0 Å². The van der Waals surface area contributed by atoms with Gasteiger partial charge in [0.2, 0.25) is 5.91 Å². The first-order chi connectivity index (χ1) is 18.9. The summed E-state index contributed by atoms with van der Waals surface area (Å²) in [7, 11) is 0. The van der Waals surface area contributed by atoms with Crippen LogP contribution >= 0.6 is 23.6 Å². The molecule has 0 aliphatic carbocycles. The highest BCUT2D eigenvalue weighted by Gasteiger charge is 2.42. The Kier molecular flexibility index (Phi) is 6.62. The van der Waals surface area contributed by atoms with E-state index >= 15 is 0 Å². The summed E-state index contributed by atoms with van der Waals surface area (Å²) in [5, 5.41) is 8.08. The largest absolute Gasteiger partial charge is 0.351 e. The maximum atomic E-state index is 12.3. The number of aryl methyl sites for hydroxylation is 1. The number of fused-ring (bicyclic) bond motifs is 1. The van der Waals surface area contributed by atoms with Crippen LogP contribution in [0, 0.1) is 12.8 Å². The van der Waals surface area contributed by atoms with Gasteiger partial charge in [-0.15, -0.1) is 0 Å². The van der Waals surface area contributed by atoms with Gasteiger partial charge in [-0.3, -0.25) is 14.3 Å². The van der Waals surface area contributed by atoms with Crippen molar-refractivity contribution in [1.29, 1.82) is 0 Å². The maximum Gasteiger partial charge on any atom is 0.226 e. The molecule has 1 amide bonds. The van der Waals surface area contributed by atoms with Crippen molar-refractivity contribution in [3.8, 4) is 5.13 Å². The summed E-state index contributed by atoms with van der Waals surface area (Å²) < 4.78 is 3.29. The zero-order valence-electron chi connectivity index (χ0n) is 21.8. The van der Waals surface area contributed by atoms with Crippen LogP contribution in [0.4, 0.5) is 11.4 Å². The standard InChI is InChI=1S/C30H28N6OS2/c1-18(2)28(37)32-21-14-13-20(17-19(21)3)36-27(26(34-29(36)38)23-10-6-7-15-31-23)24-11-8-16-35(24)30-33-22-9-4-5-12-25(22)39-30/h4-18,26-27H,1-3H3,(H,32,37)(H,34,38)/t26-,27+/m0/s1. The van der Waals surface area contributed by atoms with E-state index in [0.29, 0.717) is 5.11 Å². The van der Waals surface area contributed by atoms with E-state index in [1.165, 1.54) is 0 Å². The van der Waals surface area contributed by atoms with Crippen molar-refractivity contribution in [2.75, 3.05) is 10.2 Å². The van der Waals surface area contributed by atoms with E-state index in [4.69, 9.17) is 17.2 Å². The molecule has 0 unspecified atom stereocenters. The second-order valence-electron chi connectivity index (χ2n) is 9.91. The summed E-state index contributed by atoms with van der Waals surface area (Å²) in [6.45, 7) is 5.77. The Morgan fingerprint density at radius 2 is 1.90 bits per heavy atom. The number of aromatic nitrogens is 3. The first-order valence-electron chi connectivity index (χ1n) is 12.9. The maximum absolute atomic E-state index is 12.3. The molecule has 2 aromatic carbocycles. The van der Waals surface area contributed by atoms with Crippen molar-refractivity contribution in [2.45, 2.75) is 32.9 Å².